The lowest BCUT2D eigenvalue weighted by Crippen LogP contribution is -1.94. The molecule has 82 valence electrons. The number of anilines is 3. The van der Waals surface area contributed by atoms with Crippen LogP contribution in [-0.2, 0) is 0 Å². The molecule has 0 aromatic heterocycles. The van der Waals surface area contributed by atoms with Gasteiger partial charge >= 0.3 is 0 Å². The quantitative estimate of drug-likeness (QED) is 0.746. The summed E-state index contributed by atoms with van der Waals surface area (Å²) in [5, 5.41) is 3.32. The maximum atomic E-state index is 5.86. The zero-order chi connectivity index (χ0) is 11.5. The summed E-state index contributed by atoms with van der Waals surface area (Å²) in [6, 6.07) is 14.3. The van der Waals surface area contributed by atoms with Crippen molar-refractivity contribution >= 4 is 17.1 Å². The molecule has 2 heteroatoms. The maximum Gasteiger partial charge on any atom is 0.0405 e. The summed E-state index contributed by atoms with van der Waals surface area (Å²) in [7, 11) is 0. The van der Waals surface area contributed by atoms with E-state index in [0.29, 0.717) is 0 Å². The summed E-state index contributed by atoms with van der Waals surface area (Å²) in [4.78, 5) is 0. The van der Waals surface area contributed by atoms with Crippen LogP contribution in [0.15, 0.2) is 42.5 Å². The molecule has 0 unspecified atom stereocenters. The zero-order valence-electron chi connectivity index (χ0n) is 9.62. The highest BCUT2D eigenvalue weighted by Gasteiger charge is 1.97. The Morgan fingerprint density at radius 3 is 2.12 bits per heavy atom. The maximum absolute atomic E-state index is 5.86. The Morgan fingerprint density at radius 1 is 0.875 bits per heavy atom. The van der Waals surface area contributed by atoms with Crippen molar-refractivity contribution in [3.63, 3.8) is 0 Å². The van der Waals surface area contributed by atoms with Gasteiger partial charge in [-0.25, -0.2) is 0 Å². The van der Waals surface area contributed by atoms with Crippen molar-refractivity contribution in [3.05, 3.63) is 53.6 Å². The molecule has 0 radical (unpaired) electrons. The first-order valence-corrected chi connectivity index (χ1v) is 5.35. The van der Waals surface area contributed by atoms with Gasteiger partial charge in [0, 0.05) is 17.1 Å². The molecule has 2 aromatic rings. The van der Waals surface area contributed by atoms with Gasteiger partial charge in [-0.3, -0.25) is 0 Å². The minimum Gasteiger partial charge on any atom is -0.398 e. The third kappa shape index (κ3) is 2.34. The highest BCUT2D eigenvalue weighted by Crippen LogP contribution is 2.21. The molecule has 2 rings (SSSR count). The number of rotatable bonds is 2. The van der Waals surface area contributed by atoms with Gasteiger partial charge in [0.1, 0.15) is 0 Å². The van der Waals surface area contributed by atoms with Crippen LogP contribution >= 0.6 is 0 Å². The van der Waals surface area contributed by atoms with Crippen molar-refractivity contribution in [2.75, 3.05) is 11.1 Å². The molecule has 0 bridgehead atoms. The van der Waals surface area contributed by atoms with Crippen molar-refractivity contribution in [2.45, 2.75) is 13.8 Å². The van der Waals surface area contributed by atoms with Crippen LogP contribution in [0.4, 0.5) is 17.1 Å². The predicted molar refractivity (Wildman–Crippen MR) is 70.1 cm³/mol. The molecule has 16 heavy (non-hydrogen) atoms. The standard InChI is InChI=1S/C14H16N2/c1-10-3-6-12(7-4-10)16-13-8-5-11(2)14(15)9-13/h3-9,16H,15H2,1-2H3. The second-order valence-electron chi connectivity index (χ2n) is 4.06. The van der Waals surface area contributed by atoms with E-state index in [9.17, 15) is 0 Å². The minimum absolute atomic E-state index is 0.817. The van der Waals surface area contributed by atoms with Crippen LogP contribution in [-0.4, -0.2) is 0 Å². The normalized spacial score (nSPS) is 10.1. The minimum atomic E-state index is 0.817. The molecular weight excluding hydrogens is 196 g/mol. The Kier molecular flexibility index (Phi) is 2.82. The molecule has 2 nitrogen and oxygen atoms in total. The molecule has 0 amide bonds. The van der Waals surface area contributed by atoms with Crippen LogP contribution in [0.3, 0.4) is 0 Å². The fraction of sp³-hybridized carbons (Fsp3) is 0.143. The van der Waals surface area contributed by atoms with Gasteiger partial charge in [-0.15, -0.1) is 0 Å². The van der Waals surface area contributed by atoms with Crippen molar-refractivity contribution in [1.82, 2.24) is 0 Å². The lowest BCUT2D eigenvalue weighted by molar-refractivity contribution is 1.43. The van der Waals surface area contributed by atoms with E-state index >= 15 is 0 Å². The smallest absolute Gasteiger partial charge is 0.0405 e. The van der Waals surface area contributed by atoms with E-state index in [4.69, 9.17) is 5.73 Å². The highest BCUT2D eigenvalue weighted by atomic mass is 14.9. The first-order chi connectivity index (χ1) is 7.65. The molecule has 0 saturated carbocycles. The van der Waals surface area contributed by atoms with Gasteiger partial charge in [-0.2, -0.15) is 0 Å². The molecule has 2 aromatic carbocycles. The molecule has 0 aliphatic rings. The van der Waals surface area contributed by atoms with Gasteiger partial charge in [-0.05, 0) is 43.7 Å². The predicted octanol–water partition coefficient (Wildman–Crippen LogP) is 3.63. The fourth-order valence-corrected chi connectivity index (χ4v) is 1.52. The summed E-state index contributed by atoms with van der Waals surface area (Å²) in [6.07, 6.45) is 0. The molecule has 0 aliphatic heterocycles. The van der Waals surface area contributed by atoms with Gasteiger partial charge in [0.25, 0.3) is 0 Å². The first kappa shape index (κ1) is 10.6. The third-order valence-electron chi connectivity index (χ3n) is 2.62. The van der Waals surface area contributed by atoms with Crippen molar-refractivity contribution in [3.8, 4) is 0 Å². The Hall–Kier alpha value is -1.96. The summed E-state index contributed by atoms with van der Waals surface area (Å²) in [6.45, 7) is 4.08. The molecule has 0 aliphatic carbocycles. The van der Waals surface area contributed by atoms with Crippen molar-refractivity contribution in [2.24, 2.45) is 0 Å². The number of aryl methyl sites for hydroxylation is 2. The highest BCUT2D eigenvalue weighted by molar-refractivity contribution is 5.65. The largest absolute Gasteiger partial charge is 0.398 e. The van der Waals surface area contributed by atoms with Crippen LogP contribution < -0.4 is 11.1 Å². The SMILES string of the molecule is Cc1ccc(Nc2ccc(C)c(N)c2)cc1. The lowest BCUT2D eigenvalue weighted by Gasteiger charge is -2.08. The lowest BCUT2D eigenvalue weighted by atomic mass is 10.1. The number of nitrogen functional groups attached to an aromatic ring is 1. The van der Waals surface area contributed by atoms with E-state index in [-0.39, 0.29) is 0 Å². The van der Waals surface area contributed by atoms with E-state index in [0.717, 1.165) is 22.6 Å². The molecule has 0 atom stereocenters. The number of hydrogen-bond donors (Lipinski definition) is 2. The summed E-state index contributed by atoms with van der Waals surface area (Å²) < 4.78 is 0. The van der Waals surface area contributed by atoms with E-state index in [1.165, 1.54) is 5.56 Å². The van der Waals surface area contributed by atoms with Gasteiger partial charge in [0.15, 0.2) is 0 Å². The monoisotopic (exact) mass is 212 g/mol. The summed E-state index contributed by atoms with van der Waals surface area (Å²) >= 11 is 0. The topological polar surface area (TPSA) is 38.0 Å². The number of nitrogens with one attached hydrogen (secondary N) is 1. The summed E-state index contributed by atoms with van der Waals surface area (Å²) in [5.74, 6) is 0. The Balaban J connectivity index is 2.20. The second-order valence-corrected chi connectivity index (χ2v) is 4.06. The molecule has 0 heterocycles. The van der Waals surface area contributed by atoms with Crippen LogP contribution in [0.5, 0.6) is 0 Å². The van der Waals surface area contributed by atoms with E-state index in [2.05, 4.69) is 36.5 Å². The molecular formula is C14H16N2. The van der Waals surface area contributed by atoms with E-state index < -0.39 is 0 Å². The van der Waals surface area contributed by atoms with Gasteiger partial charge < -0.3 is 11.1 Å². The van der Waals surface area contributed by atoms with E-state index in [1.54, 1.807) is 0 Å². The van der Waals surface area contributed by atoms with Crippen LogP contribution in [0.2, 0.25) is 0 Å². The van der Waals surface area contributed by atoms with Crippen LogP contribution in [0.1, 0.15) is 11.1 Å². The Labute approximate surface area is 96.1 Å². The molecule has 0 spiro atoms. The summed E-state index contributed by atoms with van der Waals surface area (Å²) in [5.41, 5.74) is 11.1. The average molecular weight is 212 g/mol. The van der Waals surface area contributed by atoms with Crippen molar-refractivity contribution < 1.29 is 0 Å². The Bertz CT molecular complexity index is 487. The fourth-order valence-electron chi connectivity index (χ4n) is 1.52. The number of nitrogens with two attached hydrogens (primary N) is 1. The third-order valence-corrected chi connectivity index (χ3v) is 2.62. The van der Waals surface area contributed by atoms with Crippen LogP contribution in [0, 0.1) is 13.8 Å². The molecule has 3 N–H and O–H groups in total. The average Bonchev–Trinajstić information content (AvgIpc) is 2.27. The van der Waals surface area contributed by atoms with Crippen molar-refractivity contribution in [1.29, 1.82) is 0 Å². The van der Waals surface area contributed by atoms with E-state index in [1.807, 2.05) is 25.1 Å². The first-order valence-electron chi connectivity index (χ1n) is 5.35. The zero-order valence-corrected chi connectivity index (χ0v) is 9.62. The Morgan fingerprint density at radius 2 is 1.50 bits per heavy atom. The number of benzene rings is 2. The van der Waals surface area contributed by atoms with Gasteiger partial charge in [-0.1, -0.05) is 23.8 Å². The van der Waals surface area contributed by atoms with Crippen LogP contribution in [0.25, 0.3) is 0 Å². The second kappa shape index (κ2) is 4.27. The van der Waals surface area contributed by atoms with Gasteiger partial charge in [0.2, 0.25) is 0 Å². The molecule has 0 fully saturated rings. The van der Waals surface area contributed by atoms with Gasteiger partial charge in [0.05, 0.1) is 0 Å². The molecule has 0 saturated heterocycles. The number of hydrogen-bond acceptors (Lipinski definition) is 2.